The molecule has 1 fully saturated rings. The van der Waals surface area contributed by atoms with Crippen LogP contribution >= 0.6 is 0 Å². The van der Waals surface area contributed by atoms with Crippen molar-refractivity contribution in [2.75, 3.05) is 41.0 Å². The van der Waals surface area contributed by atoms with Gasteiger partial charge in [0.05, 0.1) is 39.2 Å². The third-order valence-electron chi connectivity index (χ3n) is 5.16. The number of furan rings is 1. The van der Waals surface area contributed by atoms with Crippen molar-refractivity contribution in [1.82, 2.24) is 10.2 Å². The summed E-state index contributed by atoms with van der Waals surface area (Å²) in [7, 11) is 4.97. The van der Waals surface area contributed by atoms with Crippen molar-refractivity contribution in [2.45, 2.75) is 31.8 Å². The van der Waals surface area contributed by atoms with Gasteiger partial charge in [0.15, 0.2) is 0 Å². The minimum absolute atomic E-state index is 0.232. The van der Waals surface area contributed by atoms with Crippen LogP contribution in [0.3, 0.4) is 0 Å². The van der Waals surface area contributed by atoms with Gasteiger partial charge in [-0.15, -0.1) is 0 Å². The van der Waals surface area contributed by atoms with Crippen LogP contribution in [-0.4, -0.2) is 45.9 Å². The summed E-state index contributed by atoms with van der Waals surface area (Å²) in [4.78, 5) is 2.51. The number of methoxy groups -OCH3 is 3. The monoisotopic (exact) mass is 374 g/mol. The van der Waals surface area contributed by atoms with Crippen molar-refractivity contribution in [3.63, 3.8) is 0 Å². The quantitative estimate of drug-likeness (QED) is 0.723. The number of likely N-dealkylation sites (tertiary alicyclic amines) is 1. The second-order valence-corrected chi connectivity index (χ2v) is 6.77. The summed E-state index contributed by atoms with van der Waals surface area (Å²) in [5.41, 5.74) is 0.984. The van der Waals surface area contributed by atoms with Gasteiger partial charge in [-0.05, 0) is 38.1 Å². The van der Waals surface area contributed by atoms with E-state index < -0.39 is 0 Å². The molecule has 1 N–H and O–H groups in total. The van der Waals surface area contributed by atoms with Crippen LogP contribution in [0.15, 0.2) is 34.9 Å². The fraction of sp³-hybridized carbons (Fsp3) is 0.524. The normalized spacial score (nSPS) is 16.1. The zero-order valence-electron chi connectivity index (χ0n) is 16.5. The number of benzene rings is 1. The van der Waals surface area contributed by atoms with Crippen molar-refractivity contribution in [2.24, 2.45) is 0 Å². The fourth-order valence-corrected chi connectivity index (χ4v) is 3.71. The van der Waals surface area contributed by atoms with Crippen LogP contribution < -0.4 is 19.5 Å². The molecule has 1 aliphatic heterocycles. The van der Waals surface area contributed by atoms with Crippen LogP contribution in [0, 0.1) is 0 Å². The van der Waals surface area contributed by atoms with Gasteiger partial charge in [-0.1, -0.05) is 6.42 Å². The number of hydrogen-bond acceptors (Lipinski definition) is 6. The van der Waals surface area contributed by atoms with Gasteiger partial charge in [0, 0.05) is 25.2 Å². The molecule has 1 unspecified atom stereocenters. The Morgan fingerprint density at radius 3 is 2.30 bits per heavy atom. The summed E-state index contributed by atoms with van der Waals surface area (Å²) < 4.78 is 22.1. The zero-order valence-corrected chi connectivity index (χ0v) is 16.5. The number of piperidine rings is 1. The molecule has 27 heavy (non-hydrogen) atoms. The minimum Gasteiger partial charge on any atom is -0.496 e. The third-order valence-corrected chi connectivity index (χ3v) is 5.16. The summed E-state index contributed by atoms with van der Waals surface area (Å²) in [6.45, 7) is 3.66. The Morgan fingerprint density at radius 1 is 1.04 bits per heavy atom. The maximum atomic E-state index is 5.72. The molecule has 0 saturated carbocycles. The smallest absolute Gasteiger partial charge is 0.130 e. The molecule has 1 aliphatic rings. The highest BCUT2D eigenvalue weighted by atomic mass is 16.5. The predicted molar refractivity (Wildman–Crippen MR) is 105 cm³/mol. The topological polar surface area (TPSA) is 56.1 Å². The average molecular weight is 374 g/mol. The van der Waals surface area contributed by atoms with Crippen molar-refractivity contribution < 1.29 is 18.6 Å². The summed E-state index contributed by atoms with van der Waals surface area (Å²) >= 11 is 0. The highest BCUT2D eigenvalue weighted by Gasteiger charge is 2.24. The predicted octanol–water partition coefficient (Wildman–Crippen LogP) is 3.62. The molecule has 0 radical (unpaired) electrons. The molecule has 0 spiro atoms. The Balaban J connectivity index is 1.71. The molecule has 2 heterocycles. The van der Waals surface area contributed by atoms with Gasteiger partial charge in [-0.3, -0.25) is 4.90 Å². The number of nitrogens with zero attached hydrogens (tertiary/aromatic N) is 1. The Bertz CT molecular complexity index is 671. The summed E-state index contributed by atoms with van der Waals surface area (Å²) in [5, 5.41) is 3.57. The molecule has 3 rings (SSSR count). The number of hydrogen-bond donors (Lipinski definition) is 1. The molecule has 0 aliphatic carbocycles. The Labute approximate surface area is 161 Å². The first kappa shape index (κ1) is 19.6. The average Bonchev–Trinajstić information content (AvgIpc) is 3.25. The fourth-order valence-electron chi connectivity index (χ4n) is 3.71. The van der Waals surface area contributed by atoms with E-state index in [9.17, 15) is 0 Å². The molecular weight excluding hydrogens is 344 g/mol. The lowest BCUT2D eigenvalue weighted by molar-refractivity contribution is 0.142. The second-order valence-electron chi connectivity index (χ2n) is 6.77. The van der Waals surface area contributed by atoms with Gasteiger partial charge in [-0.2, -0.15) is 0 Å². The molecule has 1 atom stereocenters. The van der Waals surface area contributed by atoms with E-state index in [2.05, 4.69) is 16.3 Å². The van der Waals surface area contributed by atoms with Gasteiger partial charge in [0.25, 0.3) is 0 Å². The van der Waals surface area contributed by atoms with E-state index in [1.54, 1.807) is 27.6 Å². The molecule has 1 aromatic carbocycles. The Kier molecular flexibility index (Phi) is 7.01. The summed E-state index contributed by atoms with van der Waals surface area (Å²) in [5.74, 6) is 3.24. The van der Waals surface area contributed by atoms with Crippen molar-refractivity contribution in [3.8, 4) is 17.2 Å². The molecule has 2 aromatic rings. The van der Waals surface area contributed by atoms with Crippen LogP contribution in [0.2, 0.25) is 0 Å². The first-order valence-corrected chi connectivity index (χ1v) is 9.54. The van der Waals surface area contributed by atoms with E-state index in [-0.39, 0.29) is 6.04 Å². The lowest BCUT2D eigenvalue weighted by Crippen LogP contribution is -2.38. The van der Waals surface area contributed by atoms with Gasteiger partial charge in [-0.25, -0.2) is 0 Å². The lowest BCUT2D eigenvalue weighted by atomic mass is 10.1. The van der Waals surface area contributed by atoms with Gasteiger partial charge >= 0.3 is 0 Å². The Morgan fingerprint density at radius 2 is 1.74 bits per heavy atom. The third kappa shape index (κ3) is 4.76. The van der Waals surface area contributed by atoms with Gasteiger partial charge in [0.2, 0.25) is 0 Å². The van der Waals surface area contributed by atoms with Crippen molar-refractivity contribution in [3.05, 3.63) is 41.9 Å². The van der Waals surface area contributed by atoms with E-state index in [0.717, 1.165) is 42.5 Å². The summed E-state index contributed by atoms with van der Waals surface area (Å²) in [6.07, 6.45) is 5.56. The number of ether oxygens (including phenoxy) is 3. The van der Waals surface area contributed by atoms with Gasteiger partial charge in [0.1, 0.15) is 23.0 Å². The standard InChI is InChI=1S/C21H30N2O4/c1-24-16-12-20(25-2)17(21(13-16)26-3)14-22-15-18(19-8-7-11-27-19)23-9-5-4-6-10-23/h7-8,11-13,18,22H,4-6,9-10,14-15H2,1-3H3. The maximum absolute atomic E-state index is 5.72. The van der Waals surface area contributed by atoms with Crippen LogP contribution in [0.5, 0.6) is 17.2 Å². The van der Waals surface area contributed by atoms with Gasteiger partial charge < -0.3 is 23.9 Å². The van der Waals surface area contributed by atoms with Crippen LogP contribution in [0.1, 0.15) is 36.6 Å². The molecule has 6 heteroatoms. The van der Waals surface area contributed by atoms with Crippen molar-refractivity contribution in [1.29, 1.82) is 0 Å². The van der Waals surface area contributed by atoms with E-state index in [1.165, 1.54) is 19.3 Å². The maximum Gasteiger partial charge on any atom is 0.130 e. The van der Waals surface area contributed by atoms with Crippen molar-refractivity contribution >= 4 is 0 Å². The molecule has 0 amide bonds. The largest absolute Gasteiger partial charge is 0.496 e. The minimum atomic E-state index is 0.232. The first-order valence-electron chi connectivity index (χ1n) is 9.54. The summed E-state index contributed by atoms with van der Waals surface area (Å²) in [6, 6.07) is 8.02. The number of nitrogens with one attached hydrogen (secondary N) is 1. The Hall–Kier alpha value is -2.18. The lowest BCUT2D eigenvalue weighted by Gasteiger charge is -2.33. The van der Waals surface area contributed by atoms with E-state index in [0.29, 0.717) is 12.3 Å². The highest BCUT2D eigenvalue weighted by molar-refractivity contribution is 5.50. The molecule has 1 aromatic heterocycles. The van der Waals surface area contributed by atoms with E-state index in [1.807, 2.05) is 18.2 Å². The van der Waals surface area contributed by atoms with E-state index >= 15 is 0 Å². The molecular formula is C21H30N2O4. The second kappa shape index (κ2) is 9.67. The first-order chi connectivity index (χ1) is 13.3. The SMILES string of the molecule is COc1cc(OC)c(CNCC(c2ccco2)N2CCCCC2)c(OC)c1. The molecule has 1 saturated heterocycles. The highest BCUT2D eigenvalue weighted by Crippen LogP contribution is 2.34. The molecule has 6 nitrogen and oxygen atoms in total. The number of rotatable bonds is 9. The van der Waals surface area contributed by atoms with Crippen LogP contribution in [-0.2, 0) is 6.54 Å². The molecule has 0 bridgehead atoms. The van der Waals surface area contributed by atoms with E-state index in [4.69, 9.17) is 18.6 Å². The van der Waals surface area contributed by atoms with Crippen LogP contribution in [0.4, 0.5) is 0 Å². The zero-order chi connectivity index (χ0) is 19.1. The van der Waals surface area contributed by atoms with Crippen LogP contribution in [0.25, 0.3) is 0 Å². The molecule has 148 valence electrons.